The van der Waals surface area contributed by atoms with Crippen molar-refractivity contribution in [2.45, 2.75) is 32.6 Å². The van der Waals surface area contributed by atoms with Crippen LogP contribution in [0.1, 0.15) is 32.6 Å². The molecule has 5 heteroatoms. The van der Waals surface area contributed by atoms with Crippen LogP contribution in [0.3, 0.4) is 0 Å². The first kappa shape index (κ1) is 14.0. The third-order valence-electron chi connectivity index (χ3n) is 3.10. The summed E-state index contributed by atoms with van der Waals surface area (Å²) in [4.78, 5) is 23.9. The molecule has 1 heterocycles. The lowest BCUT2D eigenvalue weighted by Crippen LogP contribution is -2.43. The summed E-state index contributed by atoms with van der Waals surface area (Å²) >= 11 is 0. The molecule has 0 aliphatic carbocycles. The summed E-state index contributed by atoms with van der Waals surface area (Å²) in [6.45, 7) is 4.13. The summed E-state index contributed by atoms with van der Waals surface area (Å²) in [6.07, 6.45) is 4.79. The number of hydrogen-bond acceptors (Lipinski definition) is 3. The molecule has 0 aromatic heterocycles. The number of piperidine rings is 1. The number of amides is 1. The van der Waals surface area contributed by atoms with Crippen LogP contribution in [0, 0.1) is 5.92 Å². The standard InChI is InChI=1S/C12H22N2O3/c1-2-4-10-5-3-6-14(8-10)9-11(15)13-7-12(16)17/h10H,2-9H2,1H3,(H,13,15)(H,16,17). The summed E-state index contributed by atoms with van der Waals surface area (Å²) in [6, 6.07) is 0. The summed E-state index contributed by atoms with van der Waals surface area (Å²) < 4.78 is 0. The van der Waals surface area contributed by atoms with Crippen molar-refractivity contribution >= 4 is 11.9 Å². The van der Waals surface area contributed by atoms with Crippen LogP contribution in [0.15, 0.2) is 0 Å². The van der Waals surface area contributed by atoms with Crippen molar-refractivity contribution in [2.75, 3.05) is 26.2 Å². The number of rotatable bonds is 6. The second-order valence-electron chi connectivity index (χ2n) is 4.70. The predicted octanol–water partition coefficient (Wildman–Crippen LogP) is 0.699. The Bertz CT molecular complexity index is 266. The largest absolute Gasteiger partial charge is 0.480 e. The molecule has 0 spiro atoms. The Morgan fingerprint density at radius 3 is 2.88 bits per heavy atom. The topological polar surface area (TPSA) is 69.6 Å². The van der Waals surface area contributed by atoms with E-state index in [2.05, 4.69) is 17.1 Å². The zero-order valence-corrected chi connectivity index (χ0v) is 10.4. The van der Waals surface area contributed by atoms with Gasteiger partial charge in [-0.25, -0.2) is 0 Å². The molecule has 1 fully saturated rings. The van der Waals surface area contributed by atoms with Crippen LogP contribution in [0.2, 0.25) is 0 Å². The Labute approximate surface area is 102 Å². The number of likely N-dealkylation sites (tertiary alicyclic amines) is 1. The third kappa shape index (κ3) is 5.68. The molecular formula is C12H22N2O3. The lowest BCUT2D eigenvalue weighted by molar-refractivity contribution is -0.138. The van der Waals surface area contributed by atoms with E-state index in [1.54, 1.807) is 0 Å². The van der Waals surface area contributed by atoms with Crippen molar-refractivity contribution in [3.05, 3.63) is 0 Å². The third-order valence-corrected chi connectivity index (χ3v) is 3.10. The SMILES string of the molecule is CCCC1CCCN(CC(=O)NCC(=O)O)C1. The van der Waals surface area contributed by atoms with E-state index in [0.29, 0.717) is 12.5 Å². The van der Waals surface area contributed by atoms with Crippen LogP contribution in [-0.4, -0.2) is 48.1 Å². The maximum atomic E-state index is 11.5. The Hall–Kier alpha value is -1.10. The van der Waals surface area contributed by atoms with E-state index >= 15 is 0 Å². The van der Waals surface area contributed by atoms with Gasteiger partial charge in [-0.05, 0) is 31.7 Å². The van der Waals surface area contributed by atoms with Crippen LogP contribution in [0.25, 0.3) is 0 Å². The van der Waals surface area contributed by atoms with Gasteiger partial charge in [-0.2, -0.15) is 0 Å². The quantitative estimate of drug-likeness (QED) is 0.719. The Morgan fingerprint density at radius 1 is 1.47 bits per heavy atom. The van der Waals surface area contributed by atoms with Crippen molar-refractivity contribution in [1.29, 1.82) is 0 Å². The number of hydrogen-bond donors (Lipinski definition) is 2. The molecular weight excluding hydrogens is 220 g/mol. The summed E-state index contributed by atoms with van der Waals surface area (Å²) in [5.74, 6) is -0.494. The highest BCUT2D eigenvalue weighted by atomic mass is 16.4. The smallest absolute Gasteiger partial charge is 0.322 e. The fourth-order valence-electron chi connectivity index (χ4n) is 2.37. The molecule has 1 atom stereocenters. The number of carbonyl (C=O) groups excluding carboxylic acids is 1. The summed E-state index contributed by atoms with van der Waals surface area (Å²) in [7, 11) is 0. The van der Waals surface area contributed by atoms with Gasteiger partial charge >= 0.3 is 5.97 Å². The highest BCUT2D eigenvalue weighted by Crippen LogP contribution is 2.20. The fraction of sp³-hybridized carbons (Fsp3) is 0.833. The van der Waals surface area contributed by atoms with E-state index in [9.17, 15) is 9.59 Å². The van der Waals surface area contributed by atoms with Gasteiger partial charge in [0.1, 0.15) is 6.54 Å². The van der Waals surface area contributed by atoms with E-state index in [-0.39, 0.29) is 12.5 Å². The number of carboxylic acids is 1. The number of nitrogens with zero attached hydrogens (tertiary/aromatic N) is 1. The Morgan fingerprint density at radius 2 is 2.24 bits per heavy atom. The van der Waals surface area contributed by atoms with E-state index in [1.165, 1.54) is 19.3 Å². The molecule has 0 saturated carbocycles. The number of carboxylic acid groups (broad SMARTS) is 1. The van der Waals surface area contributed by atoms with Gasteiger partial charge in [0.15, 0.2) is 0 Å². The average Bonchev–Trinajstić information content (AvgIpc) is 2.27. The second-order valence-corrected chi connectivity index (χ2v) is 4.70. The molecule has 17 heavy (non-hydrogen) atoms. The van der Waals surface area contributed by atoms with Gasteiger partial charge in [-0.1, -0.05) is 13.3 Å². The normalized spacial score (nSPS) is 21.1. The van der Waals surface area contributed by atoms with Crippen molar-refractivity contribution < 1.29 is 14.7 Å². The van der Waals surface area contributed by atoms with E-state index in [0.717, 1.165) is 19.5 Å². The summed E-state index contributed by atoms with van der Waals surface area (Å²) in [5.41, 5.74) is 0. The van der Waals surface area contributed by atoms with E-state index in [4.69, 9.17) is 5.11 Å². The molecule has 0 radical (unpaired) electrons. The molecule has 5 nitrogen and oxygen atoms in total. The molecule has 0 bridgehead atoms. The minimum absolute atomic E-state index is 0.190. The van der Waals surface area contributed by atoms with Crippen molar-refractivity contribution in [3.8, 4) is 0 Å². The van der Waals surface area contributed by atoms with Crippen LogP contribution in [0.4, 0.5) is 0 Å². The molecule has 1 rings (SSSR count). The highest BCUT2D eigenvalue weighted by molar-refractivity contribution is 5.82. The molecule has 1 amide bonds. The Balaban J connectivity index is 2.25. The zero-order valence-electron chi connectivity index (χ0n) is 10.4. The molecule has 1 saturated heterocycles. The predicted molar refractivity (Wildman–Crippen MR) is 64.7 cm³/mol. The van der Waals surface area contributed by atoms with Gasteiger partial charge < -0.3 is 10.4 Å². The minimum atomic E-state index is -0.999. The van der Waals surface area contributed by atoms with Crippen LogP contribution in [-0.2, 0) is 9.59 Å². The van der Waals surface area contributed by atoms with Gasteiger partial charge in [0.05, 0.1) is 6.54 Å². The van der Waals surface area contributed by atoms with Gasteiger partial charge in [-0.15, -0.1) is 0 Å². The second kappa shape index (κ2) is 7.27. The van der Waals surface area contributed by atoms with Crippen LogP contribution >= 0.6 is 0 Å². The number of nitrogens with one attached hydrogen (secondary N) is 1. The first-order valence-electron chi connectivity index (χ1n) is 6.32. The van der Waals surface area contributed by atoms with Crippen LogP contribution in [0.5, 0.6) is 0 Å². The van der Waals surface area contributed by atoms with Gasteiger partial charge in [0, 0.05) is 6.54 Å². The molecule has 0 aromatic rings. The summed E-state index contributed by atoms with van der Waals surface area (Å²) in [5, 5.41) is 10.8. The van der Waals surface area contributed by atoms with Crippen LogP contribution < -0.4 is 5.32 Å². The first-order valence-corrected chi connectivity index (χ1v) is 6.32. The molecule has 98 valence electrons. The Kier molecular flexibility index (Phi) is 5.97. The molecule has 1 unspecified atom stereocenters. The lowest BCUT2D eigenvalue weighted by atomic mass is 9.94. The minimum Gasteiger partial charge on any atom is -0.480 e. The zero-order chi connectivity index (χ0) is 12.7. The molecule has 1 aliphatic heterocycles. The van der Waals surface area contributed by atoms with Crippen molar-refractivity contribution in [1.82, 2.24) is 10.2 Å². The molecule has 1 aliphatic rings. The van der Waals surface area contributed by atoms with E-state index in [1.807, 2.05) is 0 Å². The lowest BCUT2D eigenvalue weighted by Gasteiger charge is -2.32. The number of aliphatic carboxylic acids is 1. The highest BCUT2D eigenvalue weighted by Gasteiger charge is 2.20. The average molecular weight is 242 g/mol. The van der Waals surface area contributed by atoms with Gasteiger partial charge in [0.25, 0.3) is 0 Å². The molecule has 2 N–H and O–H groups in total. The van der Waals surface area contributed by atoms with Crippen molar-refractivity contribution in [2.24, 2.45) is 5.92 Å². The fourth-order valence-corrected chi connectivity index (χ4v) is 2.37. The number of carbonyl (C=O) groups is 2. The maximum absolute atomic E-state index is 11.5. The van der Waals surface area contributed by atoms with Gasteiger partial charge in [0.2, 0.25) is 5.91 Å². The van der Waals surface area contributed by atoms with E-state index < -0.39 is 5.97 Å². The van der Waals surface area contributed by atoms with Gasteiger partial charge in [-0.3, -0.25) is 14.5 Å². The maximum Gasteiger partial charge on any atom is 0.322 e. The monoisotopic (exact) mass is 242 g/mol. The van der Waals surface area contributed by atoms with Crippen molar-refractivity contribution in [3.63, 3.8) is 0 Å². The molecule has 0 aromatic carbocycles. The first-order chi connectivity index (χ1) is 8.11.